The normalized spacial score (nSPS) is 9.92. The first-order chi connectivity index (χ1) is 6.31. The topological polar surface area (TPSA) is 42.6 Å². The number of hydrogen-bond donors (Lipinski definition) is 0. The minimum atomic E-state index is 0.474. The number of furan rings is 1. The molecular weight excluding hydrogens is 190 g/mol. The van der Waals surface area contributed by atoms with Crippen molar-refractivity contribution in [2.45, 2.75) is 0 Å². The van der Waals surface area contributed by atoms with Crippen molar-refractivity contribution >= 4 is 34.3 Å². The summed E-state index contributed by atoms with van der Waals surface area (Å²) in [5.74, 6) is 0. The SMILES string of the molecule is O=C=Nc1coc2cc(Cl)ccc12. The van der Waals surface area contributed by atoms with E-state index in [1.54, 1.807) is 18.2 Å². The van der Waals surface area contributed by atoms with Crippen molar-refractivity contribution in [2.75, 3.05) is 0 Å². The fraction of sp³-hybridized carbons (Fsp3) is 0. The summed E-state index contributed by atoms with van der Waals surface area (Å²) in [6.07, 6.45) is 2.85. The first-order valence-electron chi connectivity index (χ1n) is 3.56. The van der Waals surface area contributed by atoms with Gasteiger partial charge in [0.25, 0.3) is 0 Å². The van der Waals surface area contributed by atoms with Crippen LogP contribution in [0.4, 0.5) is 5.69 Å². The first kappa shape index (κ1) is 8.05. The summed E-state index contributed by atoms with van der Waals surface area (Å²) in [5, 5.41) is 1.34. The van der Waals surface area contributed by atoms with Gasteiger partial charge in [0.05, 0.1) is 0 Å². The van der Waals surface area contributed by atoms with Gasteiger partial charge in [-0.15, -0.1) is 0 Å². The van der Waals surface area contributed by atoms with E-state index >= 15 is 0 Å². The lowest BCUT2D eigenvalue weighted by atomic mass is 10.2. The Labute approximate surface area is 78.6 Å². The van der Waals surface area contributed by atoms with Gasteiger partial charge in [-0.05, 0) is 12.1 Å². The number of carbonyl (C=O) groups excluding carboxylic acids is 1. The molecule has 0 radical (unpaired) electrons. The van der Waals surface area contributed by atoms with E-state index in [1.165, 1.54) is 12.3 Å². The number of isocyanates is 1. The molecular formula is C9H4ClNO2. The van der Waals surface area contributed by atoms with Crippen LogP contribution in [-0.2, 0) is 4.79 Å². The molecule has 64 valence electrons. The minimum Gasteiger partial charge on any atom is -0.462 e. The molecule has 0 aliphatic rings. The van der Waals surface area contributed by atoms with Crippen molar-refractivity contribution in [2.24, 2.45) is 4.99 Å². The van der Waals surface area contributed by atoms with Crippen LogP contribution in [0.2, 0.25) is 5.02 Å². The Morgan fingerprint density at radius 1 is 1.46 bits per heavy atom. The van der Waals surface area contributed by atoms with E-state index in [0.717, 1.165) is 5.39 Å². The number of benzene rings is 1. The van der Waals surface area contributed by atoms with Gasteiger partial charge in [0, 0.05) is 16.5 Å². The monoisotopic (exact) mass is 193 g/mol. The Balaban J connectivity index is 2.75. The molecule has 13 heavy (non-hydrogen) atoms. The lowest BCUT2D eigenvalue weighted by Gasteiger charge is -1.88. The molecule has 1 heterocycles. The summed E-state index contributed by atoms with van der Waals surface area (Å²) in [4.78, 5) is 13.5. The maximum absolute atomic E-state index is 10.0. The molecule has 1 aromatic carbocycles. The van der Waals surface area contributed by atoms with E-state index in [1.807, 2.05) is 0 Å². The maximum atomic E-state index is 10.0. The van der Waals surface area contributed by atoms with Crippen molar-refractivity contribution in [3.8, 4) is 0 Å². The average molecular weight is 194 g/mol. The fourth-order valence-corrected chi connectivity index (χ4v) is 1.29. The molecule has 1 aromatic heterocycles. The number of halogens is 1. The van der Waals surface area contributed by atoms with Crippen LogP contribution in [0.15, 0.2) is 33.9 Å². The van der Waals surface area contributed by atoms with Crippen LogP contribution in [0, 0.1) is 0 Å². The highest BCUT2D eigenvalue weighted by Gasteiger charge is 2.04. The summed E-state index contributed by atoms with van der Waals surface area (Å²) >= 11 is 5.74. The van der Waals surface area contributed by atoms with E-state index in [4.69, 9.17) is 16.0 Å². The molecule has 4 heteroatoms. The second kappa shape index (κ2) is 3.05. The third-order valence-electron chi connectivity index (χ3n) is 1.68. The molecule has 2 rings (SSSR count). The van der Waals surface area contributed by atoms with Crippen molar-refractivity contribution in [1.82, 2.24) is 0 Å². The van der Waals surface area contributed by atoms with Crippen molar-refractivity contribution in [3.05, 3.63) is 29.5 Å². The summed E-state index contributed by atoms with van der Waals surface area (Å²) in [6, 6.07) is 5.13. The van der Waals surface area contributed by atoms with Crippen molar-refractivity contribution in [3.63, 3.8) is 0 Å². The van der Waals surface area contributed by atoms with Crippen LogP contribution in [0.1, 0.15) is 0 Å². The Bertz CT molecular complexity index is 497. The summed E-state index contributed by atoms with van der Waals surface area (Å²) in [6.45, 7) is 0. The van der Waals surface area contributed by atoms with Gasteiger partial charge >= 0.3 is 0 Å². The van der Waals surface area contributed by atoms with Gasteiger partial charge in [0.15, 0.2) is 0 Å². The van der Waals surface area contributed by atoms with E-state index in [0.29, 0.717) is 16.3 Å². The van der Waals surface area contributed by atoms with Crippen LogP contribution in [0.25, 0.3) is 11.0 Å². The Morgan fingerprint density at radius 2 is 2.31 bits per heavy atom. The third-order valence-corrected chi connectivity index (χ3v) is 1.92. The lowest BCUT2D eigenvalue weighted by Crippen LogP contribution is -1.64. The lowest BCUT2D eigenvalue weighted by molar-refractivity contribution is 0.565. The zero-order valence-electron chi connectivity index (χ0n) is 6.45. The number of fused-ring (bicyclic) bond motifs is 1. The molecule has 0 atom stereocenters. The maximum Gasteiger partial charge on any atom is 0.240 e. The molecule has 0 saturated heterocycles. The van der Waals surface area contributed by atoms with E-state index in [9.17, 15) is 4.79 Å². The average Bonchev–Trinajstić information content (AvgIpc) is 2.49. The summed E-state index contributed by atoms with van der Waals surface area (Å²) < 4.78 is 5.13. The van der Waals surface area contributed by atoms with Gasteiger partial charge in [-0.25, -0.2) is 4.79 Å². The number of nitrogens with zero attached hydrogens (tertiary/aromatic N) is 1. The zero-order chi connectivity index (χ0) is 9.26. The smallest absolute Gasteiger partial charge is 0.240 e. The van der Waals surface area contributed by atoms with Gasteiger partial charge < -0.3 is 4.42 Å². The largest absolute Gasteiger partial charge is 0.462 e. The van der Waals surface area contributed by atoms with Gasteiger partial charge in [-0.3, -0.25) is 0 Å². The highest BCUT2D eigenvalue weighted by Crippen LogP contribution is 2.29. The standard InChI is InChI=1S/C9H4ClNO2/c10-6-1-2-7-8(11-5-12)4-13-9(7)3-6/h1-4H. The van der Waals surface area contributed by atoms with Gasteiger partial charge in [0.2, 0.25) is 6.08 Å². The Kier molecular flexibility index (Phi) is 1.89. The minimum absolute atomic E-state index is 0.474. The Morgan fingerprint density at radius 3 is 3.08 bits per heavy atom. The first-order valence-corrected chi connectivity index (χ1v) is 3.93. The molecule has 0 fully saturated rings. The van der Waals surface area contributed by atoms with Crippen LogP contribution in [-0.4, -0.2) is 6.08 Å². The molecule has 3 nitrogen and oxygen atoms in total. The van der Waals surface area contributed by atoms with E-state index in [-0.39, 0.29) is 0 Å². The van der Waals surface area contributed by atoms with Crippen LogP contribution in [0.3, 0.4) is 0 Å². The predicted octanol–water partition coefficient (Wildman–Crippen LogP) is 3.05. The molecule has 0 bridgehead atoms. The molecule has 0 aliphatic heterocycles. The second-order valence-corrected chi connectivity index (χ2v) is 2.90. The molecule has 0 unspecified atom stereocenters. The molecule has 0 amide bonds. The van der Waals surface area contributed by atoms with Crippen LogP contribution in [0.5, 0.6) is 0 Å². The van der Waals surface area contributed by atoms with Gasteiger partial charge in [0.1, 0.15) is 17.5 Å². The second-order valence-electron chi connectivity index (χ2n) is 2.46. The quantitative estimate of drug-likeness (QED) is 0.516. The summed E-state index contributed by atoms with van der Waals surface area (Å²) in [7, 11) is 0. The third kappa shape index (κ3) is 1.35. The Hall–Kier alpha value is -1.57. The highest BCUT2D eigenvalue weighted by molar-refractivity contribution is 6.31. The highest BCUT2D eigenvalue weighted by atomic mass is 35.5. The number of rotatable bonds is 1. The van der Waals surface area contributed by atoms with Gasteiger partial charge in [-0.1, -0.05) is 11.6 Å². The van der Waals surface area contributed by atoms with E-state index < -0.39 is 0 Å². The fourth-order valence-electron chi connectivity index (χ4n) is 1.12. The molecule has 2 aromatic rings. The molecule has 0 N–H and O–H groups in total. The predicted molar refractivity (Wildman–Crippen MR) is 49.0 cm³/mol. The van der Waals surface area contributed by atoms with Crippen molar-refractivity contribution in [1.29, 1.82) is 0 Å². The molecule has 0 saturated carbocycles. The van der Waals surface area contributed by atoms with Crippen molar-refractivity contribution < 1.29 is 9.21 Å². The van der Waals surface area contributed by atoms with E-state index in [2.05, 4.69) is 4.99 Å². The summed E-state index contributed by atoms with van der Waals surface area (Å²) in [5.41, 5.74) is 1.09. The number of hydrogen-bond acceptors (Lipinski definition) is 3. The van der Waals surface area contributed by atoms with Crippen LogP contribution < -0.4 is 0 Å². The zero-order valence-corrected chi connectivity index (χ0v) is 7.21. The molecule has 0 aliphatic carbocycles. The van der Waals surface area contributed by atoms with Gasteiger partial charge in [-0.2, -0.15) is 4.99 Å². The number of aliphatic imine (C=N–C) groups is 1. The molecule has 0 spiro atoms. The van der Waals surface area contributed by atoms with Crippen LogP contribution >= 0.6 is 11.6 Å².